The monoisotopic (exact) mass is 299 g/mol. The number of rotatable bonds is 4. The molecule has 0 aliphatic carbocycles. The second-order valence-corrected chi connectivity index (χ2v) is 5.66. The fourth-order valence-electron chi connectivity index (χ4n) is 1.96. The Kier molecular flexibility index (Phi) is 5.56. The van der Waals surface area contributed by atoms with Crippen LogP contribution in [0.4, 0.5) is 0 Å². The van der Waals surface area contributed by atoms with Gasteiger partial charge in [0.1, 0.15) is 6.61 Å². The first-order valence-corrected chi connectivity index (χ1v) is 7.52. The van der Waals surface area contributed by atoms with E-state index in [4.69, 9.17) is 5.11 Å². The van der Waals surface area contributed by atoms with Crippen LogP contribution in [-0.2, 0) is 17.8 Å². The maximum Gasteiger partial charge on any atom is 0.227 e. The van der Waals surface area contributed by atoms with Crippen molar-refractivity contribution in [3.63, 3.8) is 0 Å². The van der Waals surface area contributed by atoms with Crippen LogP contribution in [-0.4, -0.2) is 29.6 Å². The van der Waals surface area contributed by atoms with Gasteiger partial charge >= 0.3 is 0 Å². The molecule has 0 spiro atoms. The molecule has 0 bridgehead atoms. The van der Waals surface area contributed by atoms with Gasteiger partial charge in [-0.05, 0) is 23.1 Å². The van der Waals surface area contributed by atoms with Crippen LogP contribution < -0.4 is 0 Å². The molecule has 0 aliphatic heterocycles. The molecule has 0 fully saturated rings. The van der Waals surface area contributed by atoms with Crippen molar-refractivity contribution in [2.75, 3.05) is 13.7 Å². The topological polar surface area (TPSA) is 40.5 Å². The van der Waals surface area contributed by atoms with E-state index in [1.807, 2.05) is 41.8 Å². The molecule has 21 heavy (non-hydrogen) atoms. The Bertz CT molecular complexity index is 653. The highest BCUT2D eigenvalue weighted by Crippen LogP contribution is 2.13. The van der Waals surface area contributed by atoms with Crippen molar-refractivity contribution < 1.29 is 9.90 Å². The first-order valence-electron chi connectivity index (χ1n) is 6.64. The summed E-state index contributed by atoms with van der Waals surface area (Å²) in [7, 11) is 1.80. The predicted octanol–water partition coefficient (Wildman–Crippen LogP) is 2.29. The molecule has 4 heteroatoms. The largest absolute Gasteiger partial charge is 0.384 e. The standard InChI is InChI=1S/C17H17NO2S/c1-18(17(20)12-16-9-5-11-21-16)13-15-7-3-2-6-14(15)8-4-10-19/h2-3,5-7,9,11,19H,10,12-13H2,1H3. The second-order valence-electron chi connectivity index (χ2n) is 4.62. The zero-order valence-corrected chi connectivity index (χ0v) is 12.7. The van der Waals surface area contributed by atoms with E-state index in [9.17, 15) is 4.79 Å². The third-order valence-corrected chi connectivity index (χ3v) is 3.93. The molecule has 0 atom stereocenters. The molecule has 1 aromatic heterocycles. The molecule has 0 unspecified atom stereocenters. The zero-order chi connectivity index (χ0) is 15.1. The van der Waals surface area contributed by atoms with Crippen molar-refractivity contribution in [2.24, 2.45) is 0 Å². The highest BCUT2D eigenvalue weighted by atomic mass is 32.1. The highest BCUT2D eigenvalue weighted by molar-refractivity contribution is 7.10. The van der Waals surface area contributed by atoms with Crippen molar-refractivity contribution in [2.45, 2.75) is 13.0 Å². The quantitative estimate of drug-likeness (QED) is 0.880. The van der Waals surface area contributed by atoms with E-state index in [0.717, 1.165) is 16.0 Å². The first-order chi connectivity index (χ1) is 10.2. The van der Waals surface area contributed by atoms with Crippen LogP contribution in [0.1, 0.15) is 16.0 Å². The van der Waals surface area contributed by atoms with E-state index in [0.29, 0.717) is 13.0 Å². The molecule has 0 aliphatic rings. The van der Waals surface area contributed by atoms with E-state index in [2.05, 4.69) is 11.8 Å². The number of hydrogen-bond acceptors (Lipinski definition) is 3. The van der Waals surface area contributed by atoms with Gasteiger partial charge in [0.2, 0.25) is 5.91 Å². The Morgan fingerprint density at radius 2 is 2.10 bits per heavy atom. The van der Waals surface area contributed by atoms with Gasteiger partial charge in [-0.3, -0.25) is 4.79 Å². The minimum absolute atomic E-state index is 0.0855. The molecular weight excluding hydrogens is 282 g/mol. The van der Waals surface area contributed by atoms with Gasteiger partial charge in [-0.1, -0.05) is 36.1 Å². The van der Waals surface area contributed by atoms with Crippen LogP contribution >= 0.6 is 11.3 Å². The van der Waals surface area contributed by atoms with Crippen LogP contribution in [0.15, 0.2) is 41.8 Å². The summed E-state index contributed by atoms with van der Waals surface area (Å²) in [5.41, 5.74) is 1.84. The number of thiophene rings is 1. The Morgan fingerprint density at radius 3 is 2.81 bits per heavy atom. The van der Waals surface area contributed by atoms with Gasteiger partial charge in [0.05, 0.1) is 6.42 Å². The molecule has 2 aromatic rings. The molecule has 3 nitrogen and oxygen atoms in total. The summed E-state index contributed by atoms with van der Waals surface area (Å²) < 4.78 is 0. The van der Waals surface area contributed by atoms with Gasteiger partial charge in [0.15, 0.2) is 0 Å². The third-order valence-electron chi connectivity index (χ3n) is 3.06. The molecule has 1 aromatic carbocycles. The van der Waals surface area contributed by atoms with Crippen LogP contribution in [0.5, 0.6) is 0 Å². The van der Waals surface area contributed by atoms with Crippen LogP contribution in [0.3, 0.4) is 0 Å². The SMILES string of the molecule is CN(Cc1ccccc1C#CCO)C(=O)Cc1cccs1. The first kappa shape index (κ1) is 15.3. The van der Waals surface area contributed by atoms with Crippen molar-refractivity contribution in [1.29, 1.82) is 0 Å². The Labute approximate surface area is 128 Å². The van der Waals surface area contributed by atoms with Gasteiger partial charge in [-0.25, -0.2) is 0 Å². The maximum atomic E-state index is 12.2. The number of amides is 1. The summed E-state index contributed by atoms with van der Waals surface area (Å²) >= 11 is 1.59. The van der Waals surface area contributed by atoms with Gasteiger partial charge in [0.25, 0.3) is 0 Å². The maximum absolute atomic E-state index is 12.2. The number of nitrogens with zero attached hydrogens (tertiary/aromatic N) is 1. The lowest BCUT2D eigenvalue weighted by Gasteiger charge is -2.18. The summed E-state index contributed by atoms with van der Waals surface area (Å²) in [6, 6.07) is 11.6. The molecule has 2 rings (SSSR count). The number of hydrogen-bond donors (Lipinski definition) is 1. The Morgan fingerprint density at radius 1 is 1.29 bits per heavy atom. The average molecular weight is 299 g/mol. The van der Waals surface area contributed by atoms with Crippen LogP contribution in [0.2, 0.25) is 0 Å². The summed E-state index contributed by atoms with van der Waals surface area (Å²) in [5.74, 6) is 5.65. The number of carbonyl (C=O) groups is 1. The van der Waals surface area contributed by atoms with E-state index < -0.39 is 0 Å². The predicted molar refractivity (Wildman–Crippen MR) is 84.9 cm³/mol. The van der Waals surface area contributed by atoms with E-state index >= 15 is 0 Å². The summed E-state index contributed by atoms with van der Waals surface area (Å²) in [6.07, 6.45) is 0.429. The molecule has 0 saturated carbocycles. The van der Waals surface area contributed by atoms with Crippen molar-refractivity contribution in [3.8, 4) is 11.8 Å². The summed E-state index contributed by atoms with van der Waals surface area (Å²) in [4.78, 5) is 15.0. The van der Waals surface area contributed by atoms with Crippen molar-refractivity contribution in [1.82, 2.24) is 4.90 Å². The molecule has 1 amide bonds. The van der Waals surface area contributed by atoms with Gasteiger partial charge in [-0.15, -0.1) is 11.3 Å². The lowest BCUT2D eigenvalue weighted by molar-refractivity contribution is -0.129. The van der Waals surface area contributed by atoms with E-state index in [1.54, 1.807) is 23.3 Å². The molecule has 0 saturated heterocycles. The Balaban J connectivity index is 2.05. The van der Waals surface area contributed by atoms with Gasteiger partial charge < -0.3 is 10.0 Å². The number of aliphatic hydroxyl groups excluding tert-OH is 1. The van der Waals surface area contributed by atoms with Gasteiger partial charge in [-0.2, -0.15) is 0 Å². The second kappa shape index (κ2) is 7.63. The van der Waals surface area contributed by atoms with Crippen molar-refractivity contribution >= 4 is 17.2 Å². The van der Waals surface area contributed by atoms with E-state index in [-0.39, 0.29) is 12.5 Å². The fourth-order valence-corrected chi connectivity index (χ4v) is 2.65. The fraction of sp³-hybridized carbons (Fsp3) is 0.235. The number of benzene rings is 1. The number of carbonyl (C=O) groups excluding carboxylic acids is 1. The average Bonchev–Trinajstić information content (AvgIpc) is 2.99. The third kappa shape index (κ3) is 4.45. The van der Waals surface area contributed by atoms with Crippen LogP contribution in [0, 0.1) is 11.8 Å². The molecular formula is C17H17NO2S. The normalized spacial score (nSPS) is 9.81. The van der Waals surface area contributed by atoms with Crippen molar-refractivity contribution in [3.05, 3.63) is 57.8 Å². The lowest BCUT2D eigenvalue weighted by Crippen LogP contribution is -2.27. The van der Waals surface area contributed by atoms with E-state index in [1.165, 1.54) is 0 Å². The molecule has 1 heterocycles. The minimum Gasteiger partial charge on any atom is -0.384 e. The smallest absolute Gasteiger partial charge is 0.227 e. The van der Waals surface area contributed by atoms with Gasteiger partial charge in [0, 0.05) is 24.0 Å². The molecule has 0 radical (unpaired) electrons. The lowest BCUT2D eigenvalue weighted by atomic mass is 10.1. The minimum atomic E-state index is -0.165. The zero-order valence-electron chi connectivity index (χ0n) is 11.9. The number of likely N-dealkylation sites (N-methyl/N-ethyl adjacent to an activating group) is 1. The Hall–Kier alpha value is -2.09. The highest BCUT2D eigenvalue weighted by Gasteiger charge is 2.12. The summed E-state index contributed by atoms with van der Waals surface area (Å²) in [6.45, 7) is 0.349. The molecule has 108 valence electrons. The molecule has 1 N–H and O–H groups in total. The summed E-state index contributed by atoms with van der Waals surface area (Å²) in [5, 5.41) is 10.8. The number of aliphatic hydroxyl groups is 1. The van der Waals surface area contributed by atoms with Crippen LogP contribution in [0.25, 0.3) is 0 Å².